The number of aryl methyl sites for hydroxylation is 2. The molecular weight excluding hydrogens is 446 g/mol. The summed E-state index contributed by atoms with van der Waals surface area (Å²) in [6.07, 6.45) is 4.02. The lowest BCUT2D eigenvalue weighted by Gasteiger charge is -2.31. The lowest BCUT2D eigenvalue weighted by Crippen LogP contribution is -2.42. The SMILES string of the molecule is CCc1ccc([C@H]2c3cccn3-c3c(c(C)nn3-c3ccccc3)CN2C(=O)NCCC(C)C)cc1. The average molecular weight is 482 g/mol. The molecule has 5 rings (SSSR count). The summed E-state index contributed by atoms with van der Waals surface area (Å²) in [5, 5.41) is 8.12. The molecule has 3 heterocycles. The van der Waals surface area contributed by atoms with Crippen molar-refractivity contribution in [2.45, 2.75) is 53.1 Å². The van der Waals surface area contributed by atoms with Gasteiger partial charge >= 0.3 is 6.03 Å². The Balaban J connectivity index is 1.66. The number of rotatable bonds is 6. The first-order valence-corrected chi connectivity index (χ1v) is 12.9. The van der Waals surface area contributed by atoms with Crippen molar-refractivity contribution in [3.05, 3.63) is 101 Å². The molecule has 1 atom stereocenters. The summed E-state index contributed by atoms with van der Waals surface area (Å²) in [7, 11) is 0. The van der Waals surface area contributed by atoms with Crippen molar-refractivity contribution in [1.29, 1.82) is 0 Å². The van der Waals surface area contributed by atoms with Gasteiger partial charge in [-0.25, -0.2) is 9.48 Å². The molecule has 1 aliphatic heterocycles. The van der Waals surface area contributed by atoms with Crippen molar-refractivity contribution in [2.75, 3.05) is 6.54 Å². The highest BCUT2D eigenvalue weighted by Crippen LogP contribution is 2.38. The van der Waals surface area contributed by atoms with Gasteiger partial charge in [-0.15, -0.1) is 0 Å². The molecule has 0 bridgehead atoms. The van der Waals surface area contributed by atoms with Gasteiger partial charge in [-0.05, 0) is 61.1 Å². The van der Waals surface area contributed by atoms with Gasteiger partial charge in [0.15, 0.2) is 0 Å². The van der Waals surface area contributed by atoms with Crippen molar-refractivity contribution < 1.29 is 4.79 Å². The highest BCUT2D eigenvalue weighted by molar-refractivity contribution is 5.76. The average Bonchev–Trinajstić information content (AvgIpc) is 3.45. The number of hydrogen-bond donors (Lipinski definition) is 1. The Morgan fingerprint density at radius 1 is 1.06 bits per heavy atom. The van der Waals surface area contributed by atoms with Crippen LogP contribution >= 0.6 is 0 Å². The zero-order chi connectivity index (χ0) is 25.2. The number of nitrogens with zero attached hydrogens (tertiary/aromatic N) is 4. The van der Waals surface area contributed by atoms with Crippen LogP contribution in [0.1, 0.15) is 61.3 Å². The number of carbonyl (C=O) groups excluding carboxylic acids is 1. The van der Waals surface area contributed by atoms with Crippen molar-refractivity contribution in [3.8, 4) is 11.5 Å². The first-order valence-electron chi connectivity index (χ1n) is 12.9. The third-order valence-electron chi connectivity index (χ3n) is 7.05. The molecule has 36 heavy (non-hydrogen) atoms. The highest BCUT2D eigenvalue weighted by atomic mass is 16.2. The van der Waals surface area contributed by atoms with Crippen molar-refractivity contribution in [1.82, 2.24) is 24.6 Å². The molecule has 186 valence electrons. The van der Waals surface area contributed by atoms with Crippen molar-refractivity contribution in [3.63, 3.8) is 0 Å². The summed E-state index contributed by atoms with van der Waals surface area (Å²) >= 11 is 0. The molecule has 1 N–H and O–H groups in total. The maximum Gasteiger partial charge on any atom is 0.318 e. The molecule has 2 aromatic heterocycles. The number of nitrogens with one attached hydrogen (secondary N) is 1. The largest absolute Gasteiger partial charge is 0.338 e. The highest BCUT2D eigenvalue weighted by Gasteiger charge is 2.35. The standard InChI is InChI=1S/C30H35N5O/c1-5-23-13-15-24(16-14-23)28-27-12-9-19-33(27)29-26(20-34(28)30(36)31-18-17-21(2)3)22(4)32-35(29)25-10-7-6-8-11-25/h6-16,19,21,28H,5,17-18,20H2,1-4H3,(H,31,36)/t28-/m0/s1. The van der Waals surface area contributed by atoms with Crippen LogP contribution in [0, 0.1) is 12.8 Å². The maximum atomic E-state index is 13.7. The fourth-order valence-electron chi connectivity index (χ4n) is 5.00. The Hall–Kier alpha value is -3.80. The van der Waals surface area contributed by atoms with E-state index in [-0.39, 0.29) is 12.1 Å². The predicted molar refractivity (Wildman–Crippen MR) is 144 cm³/mol. The van der Waals surface area contributed by atoms with Crippen LogP contribution in [0.15, 0.2) is 72.9 Å². The van der Waals surface area contributed by atoms with E-state index < -0.39 is 0 Å². The topological polar surface area (TPSA) is 55.1 Å². The molecule has 1 aliphatic rings. The van der Waals surface area contributed by atoms with Gasteiger partial charge in [0.25, 0.3) is 0 Å². The Kier molecular flexibility index (Phi) is 6.68. The predicted octanol–water partition coefficient (Wildman–Crippen LogP) is 6.19. The molecule has 0 radical (unpaired) electrons. The van der Waals surface area contributed by atoms with Gasteiger partial charge in [0.1, 0.15) is 5.82 Å². The van der Waals surface area contributed by atoms with E-state index in [9.17, 15) is 4.79 Å². The van der Waals surface area contributed by atoms with Crippen LogP contribution in [-0.4, -0.2) is 31.8 Å². The minimum absolute atomic E-state index is 0.0484. The summed E-state index contributed by atoms with van der Waals surface area (Å²) in [6, 6.07) is 22.8. The van der Waals surface area contributed by atoms with E-state index in [4.69, 9.17) is 5.10 Å². The number of fused-ring (bicyclic) bond motifs is 3. The number of aromatic nitrogens is 3. The van der Waals surface area contributed by atoms with E-state index in [1.54, 1.807) is 0 Å². The Morgan fingerprint density at radius 3 is 2.50 bits per heavy atom. The van der Waals surface area contributed by atoms with Gasteiger partial charge in [0, 0.05) is 18.3 Å². The number of hydrogen-bond acceptors (Lipinski definition) is 2. The van der Waals surface area contributed by atoms with E-state index >= 15 is 0 Å². The third kappa shape index (κ3) is 4.43. The maximum absolute atomic E-state index is 13.7. The molecule has 0 spiro atoms. The van der Waals surface area contributed by atoms with Gasteiger partial charge in [0.2, 0.25) is 0 Å². The second-order valence-electron chi connectivity index (χ2n) is 9.98. The van der Waals surface area contributed by atoms with Crippen LogP contribution in [0.25, 0.3) is 11.5 Å². The van der Waals surface area contributed by atoms with Crippen LogP contribution in [0.4, 0.5) is 4.79 Å². The van der Waals surface area contributed by atoms with Crippen LogP contribution in [0.3, 0.4) is 0 Å². The minimum atomic E-state index is -0.221. The lowest BCUT2D eigenvalue weighted by atomic mass is 9.99. The fourth-order valence-corrected chi connectivity index (χ4v) is 5.00. The zero-order valence-corrected chi connectivity index (χ0v) is 21.6. The molecule has 0 unspecified atom stereocenters. The first-order chi connectivity index (χ1) is 17.5. The molecule has 6 heteroatoms. The van der Waals surface area contributed by atoms with Gasteiger partial charge in [-0.2, -0.15) is 5.10 Å². The first kappa shape index (κ1) is 23.9. The van der Waals surface area contributed by atoms with E-state index in [0.717, 1.165) is 46.9 Å². The second-order valence-corrected chi connectivity index (χ2v) is 9.98. The second kappa shape index (κ2) is 10.1. The van der Waals surface area contributed by atoms with Gasteiger partial charge in [0.05, 0.1) is 29.7 Å². The Labute approximate surface area is 213 Å². The summed E-state index contributed by atoms with van der Waals surface area (Å²) < 4.78 is 4.22. The normalized spacial score (nSPS) is 14.9. The molecule has 2 aromatic carbocycles. The molecule has 0 saturated carbocycles. The number of urea groups is 1. The summed E-state index contributed by atoms with van der Waals surface area (Å²) in [4.78, 5) is 15.7. The van der Waals surface area contributed by atoms with Gasteiger partial charge in [-0.3, -0.25) is 0 Å². The zero-order valence-electron chi connectivity index (χ0n) is 21.6. The summed E-state index contributed by atoms with van der Waals surface area (Å²) in [5.41, 5.74) is 6.43. The van der Waals surface area contributed by atoms with Crippen molar-refractivity contribution >= 4 is 6.03 Å². The summed E-state index contributed by atoms with van der Waals surface area (Å²) in [6.45, 7) is 9.68. The lowest BCUT2D eigenvalue weighted by molar-refractivity contribution is 0.180. The van der Waals surface area contributed by atoms with E-state index in [1.807, 2.05) is 34.7 Å². The van der Waals surface area contributed by atoms with Crippen LogP contribution in [0.2, 0.25) is 0 Å². The Morgan fingerprint density at radius 2 is 1.81 bits per heavy atom. The van der Waals surface area contributed by atoms with Crippen LogP contribution < -0.4 is 5.32 Å². The molecule has 2 amide bonds. The molecule has 0 aliphatic carbocycles. The van der Waals surface area contributed by atoms with E-state index in [0.29, 0.717) is 19.0 Å². The molecule has 4 aromatic rings. The minimum Gasteiger partial charge on any atom is -0.338 e. The molecular formula is C30H35N5O. The number of benzene rings is 2. The number of carbonyl (C=O) groups is 1. The summed E-state index contributed by atoms with van der Waals surface area (Å²) in [5.74, 6) is 1.52. The molecule has 0 fully saturated rings. The smallest absolute Gasteiger partial charge is 0.318 e. The fraction of sp³-hybridized carbons (Fsp3) is 0.333. The number of amides is 2. The number of para-hydroxylation sites is 1. The monoisotopic (exact) mass is 481 g/mol. The van der Waals surface area contributed by atoms with Crippen molar-refractivity contribution in [2.24, 2.45) is 5.92 Å². The molecule has 6 nitrogen and oxygen atoms in total. The van der Waals surface area contributed by atoms with Gasteiger partial charge < -0.3 is 14.8 Å². The van der Waals surface area contributed by atoms with E-state index in [1.165, 1.54) is 5.56 Å². The van der Waals surface area contributed by atoms with Crippen LogP contribution in [-0.2, 0) is 13.0 Å². The third-order valence-corrected chi connectivity index (χ3v) is 7.05. The molecule has 0 saturated heterocycles. The van der Waals surface area contributed by atoms with Crippen LogP contribution in [0.5, 0.6) is 0 Å². The quantitative estimate of drug-likeness (QED) is 0.357. The van der Waals surface area contributed by atoms with Gasteiger partial charge in [-0.1, -0.05) is 63.2 Å². The Bertz CT molecular complexity index is 1330. The van der Waals surface area contributed by atoms with E-state index in [2.05, 4.69) is 85.4 Å².